The van der Waals surface area contributed by atoms with Crippen molar-refractivity contribution < 1.29 is 23.6 Å². The number of ether oxygens (including phenoxy) is 2. The Kier molecular flexibility index (Phi) is 8.01. The summed E-state index contributed by atoms with van der Waals surface area (Å²) in [4.78, 5) is 27.8. The van der Waals surface area contributed by atoms with E-state index in [2.05, 4.69) is 26.2 Å². The second-order valence-electron chi connectivity index (χ2n) is 7.44. The van der Waals surface area contributed by atoms with Gasteiger partial charge in [-0.25, -0.2) is 9.38 Å². The SMILES string of the molecule is CCOc1cc(/C=C2/SC(=Nc3ccc(F)cc3)NC2=O)cc(Br)c1OCc1cccc([N+](=O)[O-])c1. The molecule has 0 unspecified atom stereocenters. The topological polar surface area (TPSA) is 103 Å². The molecule has 4 rings (SSSR count). The molecule has 3 aromatic rings. The van der Waals surface area contributed by atoms with E-state index in [9.17, 15) is 19.3 Å². The molecule has 0 spiro atoms. The first-order valence-corrected chi connectivity index (χ1v) is 12.3. The van der Waals surface area contributed by atoms with E-state index < -0.39 is 4.92 Å². The predicted octanol–water partition coefficient (Wildman–Crippen LogP) is 6.37. The summed E-state index contributed by atoms with van der Waals surface area (Å²) >= 11 is 4.67. The van der Waals surface area contributed by atoms with Crippen molar-refractivity contribution in [3.63, 3.8) is 0 Å². The lowest BCUT2D eigenvalue weighted by atomic mass is 10.1. The lowest BCUT2D eigenvalue weighted by Crippen LogP contribution is -2.19. The molecule has 1 N–H and O–H groups in total. The largest absolute Gasteiger partial charge is 0.490 e. The summed E-state index contributed by atoms with van der Waals surface area (Å²) in [5.41, 5.74) is 1.83. The Balaban J connectivity index is 1.55. The van der Waals surface area contributed by atoms with Gasteiger partial charge in [-0.3, -0.25) is 14.9 Å². The molecule has 0 saturated carbocycles. The summed E-state index contributed by atoms with van der Waals surface area (Å²) in [6.45, 7) is 2.31. The summed E-state index contributed by atoms with van der Waals surface area (Å²) < 4.78 is 25.4. The van der Waals surface area contributed by atoms with Crippen molar-refractivity contribution in [2.24, 2.45) is 4.99 Å². The minimum Gasteiger partial charge on any atom is -0.490 e. The van der Waals surface area contributed by atoms with Gasteiger partial charge in [0.1, 0.15) is 12.4 Å². The minimum absolute atomic E-state index is 0.0168. The van der Waals surface area contributed by atoms with Crippen LogP contribution in [0, 0.1) is 15.9 Å². The lowest BCUT2D eigenvalue weighted by Gasteiger charge is -2.15. The number of aliphatic imine (C=N–C) groups is 1. The van der Waals surface area contributed by atoms with Gasteiger partial charge in [-0.2, -0.15) is 0 Å². The Morgan fingerprint density at radius 3 is 2.67 bits per heavy atom. The Labute approximate surface area is 218 Å². The number of amides is 1. The molecule has 1 heterocycles. The number of carbonyl (C=O) groups is 1. The molecule has 0 aliphatic carbocycles. The van der Waals surface area contributed by atoms with Crippen LogP contribution < -0.4 is 14.8 Å². The zero-order valence-corrected chi connectivity index (χ0v) is 21.3. The van der Waals surface area contributed by atoms with E-state index in [1.807, 2.05) is 6.92 Å². The second kappa shape index (κ2) is 11.4. The number of thioether (sulfide) groups is 1. The van der Waals surface area contributed by atoms with Crippen molar-refractivity contribution in [3.8, 4) is 11.5 Å². The number of hydrogen-bond acceptors (Lipinski definition) is 7. The highest BCUT2D eigenvalue weighted by Gasteiger charge is 2.24. The molecule has 11 heteroatoms. The maximum atomic E-state index is 13.1. The Hall–Kier alpha value is -3.70. The second-order valence-corrected chi connectivity index (χ2v) is 9.32. The fourth-order valence-electron chi connectivity index (χ4n) is 3.25. The third-order valence-electron chi connectivity index (χ3n) is 4.84. The van der Waals surface area contributed by atoms with Crippen LogP contribution >= 0.6 is 27.7 Å². The number of nitrogens with one attached hydrogen (secondary N) is 1. The zero-order chi connectivity index (χ0) is 25.7. The highest BCUT2D eigenvalue weighted by molar-refractivity contribution is 9.10. The van der Waals surface area contributed by atoms with E-state index in [1.54, 1.807) is 30.3 Å². The van der Waals surface area contributed by atoms with Gasteiger partial charge in [-0.1, -0.05) is 12.1 Å². The number of nitro groups is 1. The molecule has 0 atom stereocenters. The third kappa shape index (κ3) is 6.29. The first-order valence-electron chi connectivity index (χ1n) is 10.7. The lowest BCUT2D eigenvalue weighted by molar-refractivity contribution is -0.384. The van der Waals surface area contributed by atoms with Crippen molar-refractivity contribution in [2.75, 3.05) is 6.61 Å². The maximum absolute atomic E-state index is 13.1. The normalized spacial score (nSPS) is 15.2. The van der Waals surface area contributed by atoms with Crippen LogP contribution in [0.2, 0.25) is 0 Å². The molecular weight excluding hydrogens is 553 g/mol. The van der Waals surface area contributed by atoms with Crippen LogP contribution in [0.5, 0.6) is 11.5 Å². The van der Waals surface area contributed by atoms with Crippen molar-refractivity contribution in [2.45, 2.75) is 13.5 Å². The van der Waals surface area contributed by atoms with Crippen molar-refractivity contribution in [3.05, 3.63) is 97.1 Å². The molecule has 1 amide bonds. The van der Waals surface area contributed by atoms with Crippen molar-refractivity contribution >= 4 is 56.2 Å². The summed E-state index contributed by atoms with van der Waals surface area (Å²) in [5.74, 6) is 0.220. The van der Waals surface area contributed by atoms with Crippen molar-refractivity contribution in [1.82, 2.24) is 5.32 Å². The van der Waals surface area contributed by atoms with Crippen LogP contribution in [0.4, 0.5) is 15.8 Å². The minimum atomic E-state index is -0.458. The van der Waals surface area contributed by atoms with E-state index in [-0.39, 0.29) is 24.0 Å². The van der Waals surface area contributed by atoms with E-state index in [0.29, 0.717) is 49.5 Å². The van der Waals surface area contributed by atoms with E-state index >= 15 is 0 Å². The number of amidine groups is 1. The number of carbonyl (C=O) groups excluding carboxylic acids is 1. The van der Waals surface area contributed by atoms with E-state index in [4.69, 9.17) is 9.47 Å². The zero-order valence-electron chi connectivity index (χ0n) is 18.9. The molecule has 0 aromatic heterocycles. The van der Waals surface area contributed by atoms with Crippen LogP contribution in [0.1, 0.15) is 18.1 Å². The molecule has 1 aliphatic rings. The van der Waals surface area contributed by atoms with Crippen molar-refractivity contribution in [1.29, 1.82) is 0 Å². The number of non-ortho nitro benzene ring substituents is 1. The first kappa shape index (κ1) is 25.4. The van der Waals surface area contributed by atoms with Gasteiger partial charge in [0.2, 0.25) is 0 Å². The molecule has 0 bridgehead atoms. The fourth-order valence-corrected chi connectivity index (χ4v) is 4.67. The van der Waals surface area contributed by atoms with Crippen LogP contribution in [-0.2, 0) is 11.4 Å². The average molecular weight is 572 g/mol. The molecule has 1 fully saturated rings. The quantitative estimate of drug-likeness (QED) is 0.191. The molecule has 1 aliphatic heterocycles. The van der Waals surface area contributed by atoms with Crippen LogP contribution in [0.15, 0.2) is 75.0 Å². The summed E-state index contributed by atoms with van der Waals surface area (Å²) in [6, 6.07) is 15.4. The number of nitro benzene ring substituents is 1. The number of halogens is 2. The van der Waals surface area contributed by atoms with Crippen LogP contribution in [0.3, 0.4) is 0 Å². The smallest absolute Gasteiger partial charge is 0.269 e. The number of nitrogens with zero attached hydrogens (tertiary/aromatic N) is 2. The summed E-state index contributed by atoms with van der Waals surface area (Å²) in [5, 5.41) is 14.1. The molecule has 1 saturated heterocycles. The predicted molar refractivity (Wildman–Crippen MR) is 140 cm³/mol. The van der Waals surface area contributed by atoms with E-state index in [0.717, 1.165) is 0 Å². The number of hydrogen-bond donors (Lipinski definition) is 1. The summed E-state index contributed by atoms with van der Waals surface area (Å²) in [6.07, 6.45) is 1.70. The Morgan fingerprint density at radius 2 is 1.94 bits per heavy atom. The maximum Gasteiger partial charge on any atom is 0.269 e. The molecule has 184 valence electrons. The Morgan fingerprint density at radius 1 is 1.17 bits per heavy atom. The first-order chi connectivity index (χ1) is 17.3. The van der Waals surface area contributed by atoms with Gasteiger partial charge in [0.15, 0.2) is 16.7 Å². The molecule has 0 radical (unpaired) electrons. The van der Waals surface area contributed by atoms with Gasteiger partial charge in [-0.05, 0) is 88.2 Å². The summed E-state index contributed by atoms with van der Waals surface area (Å²) in [7, 11) is 0. The Bertz CT molecular complexity index is 1380. The third-order valence-corrected chi connectivity index (χ3v) is 6.34. The monoisotopic (exact) mass is 571 g/mol. The highest BCUT2D eigenvalue weighted by atomic mass is 79.9. The average Bonchev–Trinajstić information content (AvgIpc) is 3.18. The highest BCUT2D eigenvalue weighted by Crippen LogP contribution is 2.39. The molecule has 3 aromatic carbocycles. The molecule has 8 nitrogen and oxygen atoms in total. The van der Waals surface area contributed by atoms with E-state index in [1.165, 1.54) is 48.2 Å². The van der Waals surface area contributed by atoms with Gasteiger partial charge >= 0.3 is 0 Å². The number of rotatable bonds is 8. The fraction of sp³-hybridized carbons (Fsp3) is 0.120. The van der Waals surface area contributed by atoms with Gasteiger partial charge in [0.05, 0.1) is 26.6 Å². The standard InChI is InChI=1S/C25H19BrFN3O5S/c1-2-34-21-12-16(11-20(26)23(21)35-14-15-4-3-5-19(10-15)30(32)33)13-22-24(31)29-25(36-22)28-18-8-6-17(27)7-9-18/h3-13H,2,14H2,1H3,(H,28,29,31)/b22-13+. The van der Waals surface area contributed by atoms with Gasteiger partial charge in [0.25, 0.3) is 11.6 Å². The number of benzene rings is 3. The molecular formula is C25H19BrFN3O5S. The molecule has 36 heavy (non-hydrogen) atoms. The van der Waals surface area contributed by atoms with Gasteiger partial charge in [-0.15, -0.1) is 0 Å². The van der Waals surface area contributed by atoms with Gasteiger partial charge in [0, 0.05) is 12.1 Å². The van der Waals surface area contributed by atoms with Gasteiger partial charge < -0.3 is 14.8 Å². The van der Waals surface area contributed by atoms with Crippen LogP contribution in [-0.4, -0.2) is 22.6 Å². The van der Waals surface area contributed by atoms with Crippen LogP contribution in [0.25, 0.3) is 6.08 Å².